The Morgan fingerprint density at radius 1 is 1.33 bits per heavy atom. The van der Waals surface area contributed by atoms with E-state index in [4.69, 9.17) is 0 Å². The first-order valence-corrected chi connectivity index (χ1v) is 4.14. The Morgan fingerprint density at radius 3 is 1.89 bits per heavy atom. The van der Waals surface area contributed by atoms with E-state index in [1.807, 2.05) is 0 Å². The van der Waals surface area contributed by atoms with Crippen LogP contribution in [0.2, 0.25) is 0 Å². The summed E-state index contributed by atoms with van der Waals surface area (Å²) in [5, 5.41) is 0. The van der Waals surface area contributed by atoms with Gasteiger partial charge in [0.05, 0.1) is 13.2 Å². The third-order valence-corrected chi connectivity index (χ3v) is 1.70. The van der Waals surface area contributed by atoms with Gasteiger partial charge in [0.25, 0.3) is 0 Å². The molecule has 0 aromatic heterocycles. The molecule has 0 rings (SSSR count). The molecule has 0 saturated heterocycles. The lowest BCUT2D eigenvalue weighted by atomic mass is 10.9. The highest BCUT2D eigenvalue weighted by molar-refractivity contribution is 7.89. The molecule has 0 amide bonds. The van der Waals surface area contributed by atoms with E-state index in [1.54, 1.807) is 13.8 Å². The summed E-state index contributed by atoms with van der Waals surface area (Å²) in [5.74, 6) is 0. The van der Waals surface area contributed by atoms with Crippen LogP contribution in [-0.4, -0.2) is 17.4 Å². The third-order valence-electron chi connectivity index (χ3n) is 0.567. The predicted molar refractivity (Wildman–Crippen MR) is 33.9 cm³/mol. The molecule has 58 valence electrons. The highest BCUT2D eigenvalue weighted by Crippen LogP contribution is 2.08. The Balaban J connectivity index is 3.58. The van der Waals surface area contributed by atoms with E-state index in [0.717, 1.165) is 0 Å². The minimum absolute atomic E-state index is 0.0633. The van der Waals surface area contributed by atoms with E-state index >= 15 is 0 Å². The molecule has 0 aromatic rings. The number of halogens is 1. The fraction of sp³-hybridized carbons (Fsp3) is 1.00. The average Bonchev–Trinajstić information content (AvgIpc) is 1.64. The van der Waals surface area contributed by atoms with E-state index in [1.165, 1.54) is 0 Å². The fourth-order valence-electron chi connectivity index (χ4n) is 0.346. The van der Waals surface area contributed by atoms with Crippen molar-refractivity contribution in [3.63, 3.8) is 0 Å². The normalized spacial score (nSPS) is 13.7. The second-order valence-corrected chi connectivity index (χ2v) is 2.64. The number of rotatable bonds is 4. The summed E-state index contributed by atoms with van der Waals surface area (Å²) in [6.07, 6.45) is 0. The van der Waals surface area contributed by atoms with Crippen LogP contribution in [0, 0.1) is 0 Å². The van der Waals surface area contributed by atoms with Gasteiger partial charge in [-0.25, -0.2) is 4.21 Å². The van der Waals surface area contributed by atoms with E-state index in [-0.39, 0.29) is 13.2 Å². The van der Waals surface area contributed by atoms with Gasteiger partial charge in [-0.1, -0.05) is 0 Å². The van der Waals surface area contributed by atoms with Crippen LogP contribution >= 0.6 is 0 Å². The Kier molecular flexibility index (Phi) is 3.92. The molecule has 0 aliphatic heterocycles. The Bertz CT molecular complexity index is 106. The molecule has 0 aliphatic carbocycles. The van der Waals surface area contributed by atoms with Crippen molar-refractivity contribution in [3.05, 3.63) is 0 Å². The lowest BCUT2D eigenvalue weighted by Crippen LogP contribution is -2.12. The highest BCUT2D eigenvalue weighted by Gasteiger charge is 2.08. The topological polar surface area (TPSA) is 35.5 Å². The molecular weight excluding hydrogens is 147 g/mol. The average molecular weight is 158 g/mol. The van der Waals surface area contributed by atoms with Crippen LogP contribution in [0.4, 0.5) is 3.89 Å². The van der Waals surface area contributed by atoms with Crippen LogP contribution in [0.15, 0.2) is 0 Å². The van der Waals surface area contributed by atoms with Crippen LogP contribution in [0.25, 0.3) is 0 Å². The van der Waals surface area contributed by atoms with Gasteiger partial charge in [-0.05, 0) is 13.8 Å². The minimum atomic E-state index is -4.19. The third kappa shape index (κ3) is 4.50. The molecule has 5 heteroatoms. The van der Waals surface area contributed by atoms with E-state index < -0.39 is 10.9 Å². The van der Waals surface area contributed by atoms with Gasteiger partial charge in [0.1, 0.15) is 0 Å². The Hall–Kier alpha value is -0.0000000000000000208. The molecule has 0 radical (unpaired) electrons. The summed E-state index contributed by atoms with van der Waals surface area (Å²) in [4.78, 5) is 0. The molecule has 0 aliphatic rings. The SMILES string of the molecule is CCO[SH](=O)(F)OCC. The zero-order chi connectivity index (χ0) is 7.33. The summed E-state index contributed by atoms with van der Waals surface area (Å²) in [7, 11) is -4.19. The van der Waals surface area contributed by atoms with Gasteiger partial charge in [-0.2, -0.15) is 0 Å². The second kappa shape index (κ2) is 3.92. The van der Waals surface area contributed by atoms with Gasteiger partial charge >= 0.3 is 0 Å². The first-order valence-electron chi connectivity index (χ1n) is 2.71. The van der Waals surface area contributed by atoms with Crippen molar-refractivity contribution in [2.45, 2.75) is 13.8 Å². The maximum absolute atomic E-state index is 12.2. The first-order chi connectivity index (χ1) is 4.12. The maximum Gasteiger partial charge on any atom is 0.219 e. The first kappa shape index (κ1) is 9.00. The quantitative estimate of drug-likeness (QED) is 0.485. The second-order valence-electron chi connectivity index (χ2n) is 1.27. The lowest BCUT2D eigenvalue weighted by Gasteiger charge is -2.12. The summed E-state index contributed by atoms with van der Waals surface area (Å²) in [6, 6.07) is 0. The summed E-state index contributed by atoms with van der Waals surface area (Å²) >= 11 is 0. The smallest absolute Gasteiger partial charge is 0.219 e. The molecule has 0 heterocycles. The summed E-state index contributed by atoms with van der Waals surface area (Å²) < 4.78 is 30.8. The van der Waals surface area contributed by atoms with Crippen LogP contribution in [0.5, 0.6) is 0 Å². The molecule has 0 unspecified atom stereocenters. The molecule has 0 bridgehead atoms. The monoisotopic (exact) mass is 158 g/mol. The Labute approximate surface area is 55.3 Å². The van der Waals surface area contributed by atoms with Crippen LogP contribution in [0.1, 0.15) is 13.8 Å². The molecular formula is C4H11FO3S. The van der Waals surface area contributed by atoms with Crippen LogP contribution in [-0.2, 0) is 19.2 Å². The van der Waals surface area contributed by atoms with Crippen LogP contribution < -0.4 is 0 Å². The van der Waals surface area contributed by atoms with Crippen molar-refractivity contribution in [1.82, 2.24) is 0 Å². The minimum Gasteiger partial charge on any atom is -0.272 e. The number of hydrogen-bond donors (Lipinski definition) is 1. The molecule has 3 nitrogen and oxygen atoms in total. The van der Waals surface area contributed by atoms with Gasteiger partial charge in [0, 0.05) is 0 Å². The molecule has 0 spiro atoms. The van der Waals surface area contributed by atoms with Crippen molar-refractivity contribution in [2.24, 2.45) is 0 Å². The molecule has 0 aromatic carbocycles. The maximum atomic E-state index is 12.2. The van der Waals surface area contributed by atoms with Crippen molar-refractivity contribution in [1.29, 1.82) is 0 Å². The number of thiol groups is 1. The van der Waals surface area contributed by atoms with Gasteiger partial charge in [0.15, 0.2) is 0 Å². The van der Waals surface area contributed by atoms with Gasteiger partial charge in [-0.3, -0.25) is 8.37 Å². The zero-order valence-corrected chi connectivity index (χ0v) is 6.36. The van der Waals surface area contributed by atoms with Gasteiger partial charge in [0.2, 0.25) is 10.9 Å². The van der Waals surface area contributed by atoms with E-state index in [2.05, 4.69) is 8.37 Å². The highest BCUT2D eigenvalue weighted by atomic mass is 32.3. The van der Waals surface area contributed by atoms with E-state index in [9.17, 15) is 8.09 Å². The van der Waals surface area contributed by atoms with E-state index in [0.29, 0.717) is 0 Å². The standard InChI is InChI=1S/C4H11FO3S/c1-3-7-9(5,6)8-4-2/h9H,3-4H2,1-2H3. The van der Waals surface area contributed by atoms with Crippen LogP contribution in [0.3, 0.4) is 0 Å². The van der Waals surface area contributed by atoms with Crippen molar-refractivity contribution >= 4 is 10.9 Å². The Morgan fingerprint density at radius 2 is 1.67 bits per heavy atom. The van der Waals surface area contributed by atoms with Gasteiger partial charge < -0.3 is 0 Å². The summed E-state index contributed by atoms with van der Waals surface area (Å²) in [6.45, 7) is 3.22. The van der Waals surface area contributed by atoms with Gasteiger partial charge in [-0.15, -0.1) is 3.89 Å². The number of hydrogen-bond acceptors (Lipinski definition) is 3. The van der Waals surface area contributed by atoms with Crippen molar-refractivity contribution in [2.75, 3.05) is 13.2 Å². The van der Waals surface area contributed by atoms with Crippen molar-refractivity contribution < 1.29 is 16.5 Å². The summed E-state index contributed by atoms with van der Waals surface area (Å²) in [5.41, 5.74) is 0. The largest absolute Gasteiger partial charge is 0.272 e. The zero-order valence-electron chi connectivity index (χ0n) is 5.46. The predicted octanol–water partition coefficient (Wildman–Crippen LogP) is 0.791. The molecule has 9 heavy (non-hydrogen) atoms. The molecule has 0 N–H and O–H groups in total. The molecule has 0 saturated carbocycles. The van der Waals surface area contributed by atoms with Crippen molar-refractivity contribution in [3.8, 4) is 0 Å². The molecule has 0 atom stereocenters. The lowest BCUT2D eigenvalue weighted by molar-refractivity contribution is 0.220. The molecule has 0 fully saturated rings. The fourth-order valence-corrected chi connectivity index (χ4v) is 1.04.